The lowest BCUT2D eigenvalue weighted by Crippen LogP contribution is -2.23. The molecule has 0 aliphatic carbocycles. The van der Waals surface area contributed by atoms with E-state index >= 15 is 0 Å². The van der Waals surface area contributed by atoms with Crippen molar-refractivity contribution in [3.8, 4) is 0 Å². The van der Waals surface area contributed by atoms with Crippen molar-refractivity contribution >= 4 is 0 Å². The van der Waals surface area contributed by atoms with Crippen LogP contribution in [0.1, 0.15) is 37.9 Å². The van der Waals surface area contributed by atoms with Gasteiger partial charge in [0.1, 0.15) is 11.6 Å². The predicted molar refractivity (Wildman–Crippen MR) is 63.7 cm³/mol. The average molecular weight is 243 g/mol. The van der Waals surface area contributed by atoms with Crippen LogP contribution in [0.5, 0.6) is 0 Å². The molecular weight excluding hydrogens is 224 g/mol. The molecule has 1 atom stereocenters. The lowest BCUT2D eigenvalue weighted by molar-refractivity contribution is 0.169. The Labute approximate surface area is 101 Å². The summed E-state index contributed by atoms with van der Waals surface area (Å²) in [4.78, 5) is 0. The Bertz CT molecular complexity index is 344. The Morgan fingerprint density at radius 3 is 2.76 bits per heavy atom. The normalized spacial score (nSPS) is 12.7. The van der Waals surface area contributed by atoms with Gasteiger partial charge in [-0.3, -0.25) is 0 Å². The van der Waals surface area contributed by atoms with Gasteiger partial charge in [0.05, 0.1) is 6.10 Å². The molecule has 0 radical (unpaired) electrons. The standard InChI is InChI=1S/C13H19F2NO/c1-2-3-4-7-16-9-13(17)11-8-10(14)5-6-12(11)15/h5-6,8,13,16-17H,2-4,7,9H2,1H3. The zero-order valence-electron chi connectivity index (χ0n) is 10.0. The molecule has 1 unspecified atom stereocenters. The van der Waals surface area contributed by atoms with Gasteiger partial charge in [0.25, 0.3) is 0 Å². The van der Waals surface area contributed by atoms with Crippen LogP contribution in [-0.4, -0.2) is 18.2 Å². The highest BCUT2D eigenvalue weighted by Gasteiger charge is 2.13. The van der Waals surface area contributed by atoms with E-state index in [1.807, 2.05) is 0 Å². The number of halogens is 2. The molecule has 0 spiro atoms. The smallest absolute Gasteiger partial charge is 0.129 e. The van der Waals surface area contributed by atoms with Crippen molar-refractivity contribution in [2.45, 2.75) is 32.3 Å². The average Bonchev–Trinajstić information content (AvgIpc) is 2.32. The van der Waals surface area contributed by atoms with Crippen LogP contribution in [-0.2, 0) is 0 Å². The summed E-state index contributed by atoms with van der Waals surface area (Å²) < 4.78 is 26.2. The molecule has 2 nitrogen and oxygen atoms in total. The van der Waals surface area contributed by atoms with Crippen LogP contribution in [0.15, 0.2) is 18.2 Å². The third-order valence-corrected chi connectivity index (χ3v) is 2.61. The maximum absolute atomic E-state index is 13.3. The Morgan fingerprint density at radius 2 is 2.06 bits per heavy atom. The highest BCUT2D eigenvalue weighted by molar-refractivity contribution is 5.21. The van der Waals surface area contributed by atoms with Crippen LogP contribution >= 0.6 is 0 Å². The lowest BCUT2D eigenvalue weighted by atomic mass is 10.1. The zero-order valence-corrected chi connectivity index (χ0v) is 10.0. The molecule has 0 saturated carbocycles. The van der Waals surface area contributed by atoms with Gasteiger partial charge in [-0.05, 0) is 31.2 Å². The number of rotatable bonds is 7. The molecule has 1 aromatic carbocycles. The molecule has 0 bridgehead atoms. The number of aliphatic hydroxyl groups excluding tert-OH is 1. The molecule has 2 N–H and O–H groups in total. The molecule has 17 heavy (non-hydrogen) atoms. The maximum atomic E-state index is 13.3. The number of hydrogen-bond donors (Lipinski definition) is 2. The highest BCUT2D eigenvalue weighted by Crippen LogP contribution is 2.17. The second kappa shape index (κ2) is 7.35. The van der Waals surface area contributed by atoms with Crippen LogP contribution in [0, 0.1) is 11.6 Å². The van der Waals surface area contributed by atoms with Crippen molar-refractivity contribution in [1.29, 1.82) is 0 Å². The lowest BCUT2D eigenvalue weighted by Gasteiger charge is -2.13. The Hall–Kier alpha value is -1.00. The van der Waals surface area contributed by atoms with Gasteiger partial charge in [-0.25, -0.2) is 8.78 Å². The van der Waals surface area contributed by atoms with E-state index in [1.54, 1.807) is 0 Å². The summed E-state index contributed by atoms with van der Waals surface area (Å²) in [7, 11) is 0. The second-order valence-corrected chi connectivity index (χ2v) is 4.09. The van der Waals surface area contributed by atoms with Crippen LogP contribution in [0.25, 0.3) is 0 Å². The fourth-order valence-corrected chi connectivity index (χ4v) is 1.62. The summed E-state index contributed by atoms with van der Waals surface area (Å²) in [5, 5.41) is 12.7. The summed E-state index contributed by atoms with van der Waals surface area (Å²) in [6.07, 6.45) is 2.27. The molecule has 0 aliphatic rings. The quantitative estimate of drug-likeness (QED) is 0.722. The molecule has 4 heteroatoms. The van der Waals surface area contributed by atoms with Gasteiger partial charge in [0.15, 0.2) is 0 Å². The Kier molecular flexibility index (Phi) is 6.08. The van der Waals surface area contributed by atoms with Gasteiger partial charge in [-0.1, -0.05) is 19.8 Å². The summed E-state index contributed by atoms with van der Waals surface area (Å²) in [6.45, 7) is 3.13. The van der Waals surface area contributed by atoms with Gasteiger partial charge in [-0.2, -0.15) is 0 Å². The van der Waals surface area contributed by atoms with E-state index in [9.17, 15) is 13.9 Å². The van der Waals surface area contributed by atoms with Gasteiger partial charge in [0, 0.05) is 12.1 Å². The Morgan fingerprint density at radius 1 is 1.29 bits per heavy atom. The van der Waals surface area contributed by atoms with Gasteiger partial charge < -0.3 is 10.4 Å². The van der Waals surface area contributed by atoms with Gasteiger partial charge in [-0.15, -0.1) is 0 Å². The first-order valence-corrected chi connectivity index (χ1v) is 5.99. The molecular formula is C13H19F2NO. The third kappa shape index (κ3) is 4.79. The first kappa shape index (κ1) is 14.1. The molecule has 1 rings (SSSR count). The van der Waals surface area contributed by atoms with Crippen molar-refractivity contribution < 1.29 is 13.9 Å². The molecule has 0 saturated heterocycles. The SMILES string of the molecule is CCCCCNCC(O)c1cc(F)ccc1F. The maximum Gasteiger partial charge on any atom is 0.129 e. The highest BCUT2D eigenvalue weighted by atomic mass is 19.1. The van der Waals surface area contributed by atoms with E-state index in [1.165, 1.54) is 0 Å². The first-order chi connectivity index (χ1) is 8.15. The largest absolute Gasteiger partial charge is 0.387 e. The minimum absolute atomic E-state index is 0.00740. The predicted octanol–water partition coefficient (Wildman–Crippen LogP) is 2.78. The number of aliphatic hydroxyl groups is 1. The summed E-state index contributed by atoms with van der Waals surface area (Å²) in [5.74, 6) is -1.11. The molecule has 0 fully saturated rings. The topological polar surface area (TPSA) is 32.3 Å². The fraction of sp³-hybridized carbons (Fsp3) is 0.538. The fourth-order valence-electron chi connectivity index (χ4n) is 1.62. The zero-order chi connectivity index (χ0) is 12.7. The number of benzene rings is 1. The van der Waals surface area contributed by atoms with E-state index in [-0.39, 0.29) is 12.1 Å². The summed E-state index contributed by atoms with van der Waals surface area (Å²) in [5.41, 5.74) is 0.00740. The van der Waals surface area contributed by atoms with E-state index in [0.29, 0.717) is 0 Å². The number of unbranched alkanes of at least 4 members (excludes halogenated alkanes) is 2. The Balaban J connectivity index is 2.41. The molecule has 0 aromatic heterocycles. The minimum Gasteiger partial charge on any atom is -0.387 e. The molecule has 1 aromatic rings. The summed E-state index contributed by atoms with van der Waals surface area (Å²) in [6, 6.07) is 3.11. The second-order valence-electron chi connectivity index (χ2n) is 4.09. The molecule has 96 valence electrons. The molecule has 0 amide bonds. The third-order valence-electron chi connectivity index (χ3n) is 2.61. The van der Waals surface area contributed by atoms with Crippen molar-refractivity contribution in [3.05, 3.63) is 35.4 Å². The van der Waals surface area contributed by atoms with Crippen molar-refractivity contribution in [3.63, 3.8) is 0 Å². The van der Waals surface area contributed by atoms with E-state index in [4.69, 9.17) is 0 Å². The van der Waals surface area contributed by atoms with Crippen LogP contribution in [0.2, 0.25) is 0 Å². The number of nitrogens with one attached hydrogen (secondary N) is 1. The molecule has 0 heterocycles. The van der Waals surface area contributed by atoms with E-state index in [0.717, 1.165) is 44.0 Å². The van der Waals surface area contributed by atoms with E-state index in [2.05, 4.69) is 12.2 Å². The molecule has 0 aliphatic heterocycles. The van der Waals surface area contributed by atoms with Crippen LogP contribution in [0.3, 0.4) is 0 Å². The van der Waals surface area contributed by atoms with Crippen LogP contribution < -0.4 is 5.32 Å². The minimum atomic E-state index is -1.01. The van der Waals surface area contributed by atoms with Crippen LogP contribution in [0.4, 0.5) is 8.78 Å². The first-order valence-electron chi connectivity index (χ1n) is 5.99. The number of hydrogen-bond acceptors (Lipinski definition) is 2. The van der Waals surface area contributed by atoms with Gasteiger partial charge in [0.2, 0.25) is 0 Å². The van der Waals surface area contributed by atoms with E-state index < -0.39 is 17.7 Å². The van der Waals surface area contributed by atoms with Crippen molar-refractivity contribution in [2.75, 3.05) is 13.1 Å². The summed E-state index contributed by atoms with van der Waals surface area (Å²) >= 11 is 0. The monoisotopic (exact) mass is 243 g/mol. The van der Waals surface area contributed by atoms with Crippen molar-refractivity contribution in [2.24, 2.45) is 0 Å². The van der Waals surface area contributed by atoms with Gasteiger partial charge >= 0.3 is 0 Å². The van der Waals surface area contributed by atoms with Crippen molar-refractivity contribution in [1.82, 2.24) is 5.32 Å².